The Balaban J connectivity index is 1.61. The Morgan fingerprint density at radius 3 is 2.79 bits per heavy atom. The molecular formula is C15H25N3S. The van der Waals surface area contributed by atoms with Gasteiger partial charge < -0.3 is 5.32 Å². The summed E-state index contributed by atoms with van der Waals surface area (Å²) in [5.41, 5.74) is 0. The van der Waals surface area contributed by atoms with Crippen LogP contribution < -0.4 is 5.32 Å². The molecule has 0 saturated heterocycles. The first kappa shape index (κ1) is 13.5. The Hall–Kier alpha value is -0.480. The summed E-state index contributed by atoms with van der Waals surface area (Å²) < 4.78 is 0. The van der Waals surface area contributed by atoms with Crippen molar-refractivity contribution in [1.29, 1.82) is 0 Å². The largest absolute Gasteiger partial charge is 0.308 e. The molecule has 2 saturated carbocycles. The minimum absolute atomic E-state index is 0.399. The zero-order valence-electron chi connectivity index (χ0n) is 12.1. The second-order valence-corrected chi connectivity index (χ2v) is 7.29. The first-order valence-electron chi connectivity index (χ1n) is 7.85. The monoisotopic (exact) mass is 279 g/mol. The molecule has 0 aromatic carbocycles. The lowest BCUT2D eigenvalue weighted by molar-refractivity contribution is 0.330. The highest BCUT2D eigenvalue weighted by atomic mass is 32.1. The van der Waals surface area contributed by atoms with Crippen molar-refractivity contribution in [1.82, 2.24) is 15.5 Å². The lowest BCUT2D eigenvalue weighted by atomic mass is 9.87. The fraction of sp³-hybridized carbons (Fsp3) is 0.867. The third kappa shape index (κ3) is 2.84. The van der Waals surface area contributed by atoms with Crippen molar-refractivity contribution >= 4 is 11.3 Å². The second-order valence-electron chi connectivity index (χ2n) is 6.19. The quantitative estimate of drug-likeness (QED) is 0.865. The molecule has 106 valence electrons. The Bertz CT molecular complexity index is 417. The second kappa shape index (κ2) is 5.88. The molecule has 2 aliphatic carbocycles. The third-order valence-electron chi connectivity index (χ3n) is 4.96. The van der Waals surface area contributed by atoms with Crippen LogP contribution in [-0.4, -0.2) is 16.7 Å². The van der Waals surface area contributed by atoms with E-state index in [4.69, 9.17) is 0 Å². The number of hydrogen-bond donors (Lipinski definition) is 1. The zero-order valence-corrected chi connectivity index (χ0v) is 12.9. The van der Waals surface area contributed by atoms with Crippen molar-refractivity contribution in [3.63, 3.8) is 0 Å². The highest BCUT2D eigenvalue weighted by Crippen LogP contribution is 2.49. The van der Waals surface area contributed by atoms with Gasteiger partial charge in [-0.1, -0.05) is 31.6 Å². The highest BCUT2D eigenvalue weighted by Gasteiger charge is 2.39. The summed E-state index contributed by atoms with van der Waals surface area (Å²) in [5, 5.41) is 14.8. The van der Waals surface area contributed by atoms with Crippen LogP contribution in [0.15, 0.2) is 0 Å². The van der Waals surface area contributed by atoms with Crippen molar-refractivity contribution in [2.45, 2.75) is 58.4 Å². The van der Waals surface area contributed by atoms with Gasteiger partial charge in [0.15, 0.2) is 0 Å². The van der Waals surface area contributed by atoms with Gasteiger partial charge in [0, 0.05) is 6.42 Å². The number of nitrogens with one attached hydrogen (secondary N) is 1. The normalized spacial score (nSPS) is 30.9. The molecule has 0 aliphatic heterocycles. The van der Waals surface area contributed by atoms with Crippen molar-refractivity contribution in [3.05, 3.63) is 10.0 Å². The standard InChI is InChI=1S/C15H25N3S/c1-3-13(16-4-2)15-18-17-14(19-15)9-12-8-10-5-6-11(12)7-10/h10-13,16H,3-9H2,1-2H3. The van der Waals surface area contributed by atoms with E-state index in [2.05, 4.69) is 29.4 Å². The molecule has 4 unspecified atom stereocenters. The molecule has 1 aromatic rings. The Labute approximate surface area is 120 Å². The van der Waals surface area contributed by atoms with E-state index in [9.17, 15) is 0 Å². The predicted octanol–water partition coefficient (Wildman–Crippen LogP) is 3.58. The van der Waals surface area contributed by atoms with E-state index in [1.807, 2.05) is 11.3 Å². The van der Waals surface area contributed by atoms with Crippen LogP contribution in [0.3, 0.4) is 0 Å². The lowest BCUT2D eigenvalue weighted by Crippen LogP contribution is -2.19. The predicted molar refractivity (Wildman–Crippen MR) is 79.3 cm³/mol. The third-order valence-corrected chi connectivity index (χ3v) is 6.02. The number of rotatable bonds is 6. The molecule has 0 spiro atoms. The number of fused-ring (bicyclic) bond motifs is 2. The Morgan fingerprint density at radius 2 is 2.16 bits per heavy atom. The van der Waals surface area contributed by atoms with Crippen LogP contribution in [0.4, 0.5) is 0 Å². The molecule has 2 bridgehead atoms. The summed E-state index contributed by atoms with van der Waals surface area (Å²) in [7, 11) is 0. The summed E-state index contributed by atoms with van der Waals surface area (Å²) in [5.74, 6) is 2.93. The molecule has 0 radical (unpaired) electrons. The average molecular weight is 279 g/mol. The highest BCUT2D eigenvalue weighted by molar-refractivity contribution is 7.11. The molecule has 2 fully saturated rings. The molecule has 2 aliphatic rings. The zero-order chi connectivity index (χ0) is 13.2. The van der Waals surface area contributed by atoms with Crippen LogP contribution >= 0.6 is 11.3 Å². The van der Waals surface area contributed by atoms with Crippen LogP contribution in [-0.2, 0) is 6.42 Å². The molecular weight excluding hydrogens is 254 g/mol. The van der Waals surface area contributed by atoms with Crippen LogP contribution in [0.2, 0.25) is 0 Å². The van der Waals surface area contributed by atoms with E-state index in [1.165, 1.54) is 42.1 Å². The summed E-state index contributed by atoms with van der Waals surface area (Å²) in [6.07, 6.45) is 8.17. The molecule has 0 amide bonds. The molecule has 1 heterocycles. The van der Waals surface area contributed by atoms with Gasteiger partial charge in [0.05, 0.1) is 6.04 Å². The molecule has 19 heavy (non-hydrogen) atoms. The molecule has 1 N–H and O–H groups in total. The molecule has 1 aromatic heterocycles. The number of aromatic nitrogens is 2. The summed E-state index contributed by atoms with van der Waals surface area (Å²) in [4.78, 5) is 0. The smallest absolute Gasteiger partial charge is 0.134 e. The van der Waals surface area contributed by atoms with Gasteiger partial charge in [-0.25, -0.2) is 0 Å². The van der Waals surface area contributed by atoms with Gasteiger partial charge in [-0.15, -0.1) is 10.2 Å². The van der Waals surface area contributed by atoms with Crippen LogP contribution in [0.25, 0.3) is 0 Å². The van der Waals surface area contributed by atoms with Gasteiger partial charge in [-0.05, 0) is 50.0 Å². The van der Waals surface area contributed by atoms with Gasteiger partial charge in [0.25, 0.3) is 0 Å². The van der Waals surface area contributed by atoms with Crippen LogP contribution in [0.5, 0.6) is 0 Å². The van der Waals surface area contributed by atoms with E-state index in [-0.39, 0.29) is 0 Å². The van der Waals surface area contributed by atoms with E-state index in [0.29, 0.717) is 6.04 Å². The average Bonchev–Trinajstić information content (AvgIpc) is 3.12. The van der Waals surface area contributed by atoms with E-state index < -0.39 is 0 Å². The summed E-state index contributed by atoms with van der Waals surface area (Å²) >= 11 is 1.83. The van der Waals surface area contributed by atoms with Crippen LogP contribution in [0.1, 0.15) is 62.0 Å². The van der Waals surface area contributed by atoms with Crippen LogP contribution in [0, 0.1) is 17.8 Å². The first-order valence-corrected chi connectivity index (χ1v) is 8.67. The van der Waals surface area contributed by atoms with Gasteiger partial charge in [-0.2, -0.15) is 0 Å². The maximum Gasteiger partial charge on any atom is 0.134 e. The van der Waals surface area contributed by atoms with Gasteiger partial charge in [-0.3, -0.25) is 0 Å². The molecule has 4 heteroatoms. The number of nitrogens with zero attached hydrogens (tertiary/aromatic N) is 2. The van der Waals surface area contributed by atoms with Crippen molar-refractivity contribution in [3.8, 4) is 0 Å². The Morgan fingerprint density at radius 1 is 1.26 bits per heavy atom. The van der Waals surface area contributed by atoms with Crippen molar-refractivity contribution in [2.75, 3.05) is 6.54 Å². The minimum atomic E-state index is 0.399. The van der Waals surface area contributed by atoms with E-state index in [1.54, 1.807) is 0 Å². The van der Waals surface area contributed by atoms with Gasteiger partial charge >= 0.3 is 0 Å². The lowest BCUT2D eigenvalue weighted by Gasteiger charge is -2.19. The number of hydrogen-bond acceptors (Lipinski definition) is 4. The fourth-order valence-electron chi connectivity index (χ4n) is 3.99. The topological polar surface area (TPSA) is 37.8 Å². The molecule has 4 atom stereocenters. The summed E-state index contributed by atoms with van der Waals surface area (Å²) in [6.45, 7) is 5.37. The van der Waals surface area contributed by atoms with Gasteiger partial charge in [0.1, 0.15) is 10.0 Å². The Kier molecular flexibility index (Phi) is 4.18. The van der Waals surface area contributed by atoms with Crippen molar-refractivity contribution < 1.29 is 0 Å². The van der Waals surface area contributed by atoms with E-state index >= 15 is 0 Å². The summed E-state index contributed by atoms with van der Waals surface area (Å²) in [6, 6.07) is 0.399. The first-order chi connectivity index (χ1) is 9.30. The SMILES string of the molecule is CCNC(CC)c1nnc(CC2CC3CCC2C3)s1. The maximum absolute atomic E-state index is 4.44. The van der Waals surface area contributed by atoms with Gasteiger partial charge in [0.2, 0.25) is 0 Å². The minimum Gasteiger partial charge on any atom is -0.308 e. The molecule has 3 nitrogen and oxygen atoms in total. The van der Waals surface area contributed by atoms with E-state index in [0.717, 1.165) is 30.7 Å². The maximum atomic E-state index is 4.44. The van der Waals surface area contributed by atoms with Crippen molar-refractivity contribution in [2.24, 2.45) is 17.8 Å². The fourth-order valence-corrected chi connectivity index (χ4v) is 5.09. The molecule has 3 rings (SSSR count).